The maximum atomic E-state index is 13.7. The van der Waals surface area contributed by atoms with Gasteiger partial charge in [0.2, 0.25) is 0 Å². The fourth-order valence-electron chi connectivity index (χ4n) is 4.20. The third-order valence-electron chi connectivity index (χ3n) is 5.53. The molecule has 3 rings (SSSR count). The lowest BCUT2D eigenvalue weighted by molar-refractivity contribution is -0.164. The van der Waals surface area contributed by atoms with Gasteiger partial charge in [0.15, 0.2) is 5.54 Å². The second kappa shape index (κ2) is 9.03. The summed E-state index contributed by atoms with van der Waals surface area (Å²) >= 11 is 6.27. The zero-order valence-corrected chi connectivity index (χ0v) is 17.8. The molecule has 0 aliphatic carbocycles. The first-order valence-electron chi connectivity index (χ1n) is 9.34. The molecule has 0 bridgehead atoms. The van der Waals surface area contributed by atoms with E-state index in [1.54, 1.807) is 30.3 Å². The van der Waals surface area contributed by atoms with Crippen molar-refractivity contribution in [3.8, 4) is 0 Å². The molecule has 1 N–H and O–H groups in total. The smallest absolute Gasteiger partial charge is 0.331 e. The van der Waals surface area contributed by atoms with Crippen LogP contribution in [0.2, 0.25) is 5.02 Å². The number of benzene rings is 2. The summed E-state index contributed by atoms with van der Waals surface area (Å²) in [6.07, 6.45) is 0. The average molecular weight is 450 g/mol. The van der Waals surface area contributed by atoms with Crippen LogP contribution < -0.4 is 5.32 Å². The van der Waals surface area contributed by atoms with Crippen LogP contribution in [0.15, 0.2) is 48.5 Å². The standard InChI is InChI=1S/C22H21ClFNO6/c1-29-19(26)16-17(20(27)30-2)22(21(28)31-3,12-7-5-4-6-8-12)25-18(16)14-10-9-13(24)11-15(14)23/h4-11,16-18,25H,1-3H3. The van der Waals surface area contributed by atoms with Crippen molar-refractivity contribution in [3.63, 3.8) is 0 Å². The summed E-state index contributed by atoms with van der Waals surface area (Å²) < 4.78 is 28.7. The van der Waals surface area contributed by atoms with Crippen molar-refractivity contribution in [1.29, 1.82) is 0 Å². The minimum absolute atomic E-state index is 0.0174. The maximum absolute atomic E-state index is 13.7. The number of rotatable bonds is 5. The number of hydrogen-bond donors (Lipinski definition) is 1. The highest BCUT2D eigenvalue weighted by atomic mass is 35.5. The third-order valence-corrected chi connectivity index (χ3v) is 5.86. The first-order valence-corrected chi connectivity index (χ1v) is 9.71. The van der Waals surface area contributed by atoms with Gasteiger partial charge < -0.3 is 14.2 Å². The Kier molecular flexibility index (Phi) is 6.62. The molecule has 4 atom stereocenters. The van der Waals surface area contributed by atoms with Gasteiger partial charge in [-0.05, 0) is 23.3 Å². The maximum Gasteiger partial charge on any atom is 0.331 e. The Morgan fingerprint density at radius 1 is 0.968 bits per heavy atom. The predicted octanol–water partition coefficient (Wildman–Crippen LogP) is 2.77. The SMILES string of the molecule is COC(=O)C1C(c2ccc(F)cc2Cl)NC(C(=O)OC)(c2ccccc2)C1C(=O)OC. The lowest BCUT2D eigenvalue weighted by Crippen LogP contribution is -2.53. The van der Waals surface area contributed by atoms with Gasteiger partial charge in [-0.1, -0.05) is 48.0 Å². The van der Waals surface area contributed by atoms with E-state index in [-0.39, 0.29) is 5.02 Å². The van der Waals surface area contributed by atoms with Gasteiger partial charge in [0.1, 0.15) is 11.7 Å². The van der Waals surface area contributed by atoms with Crippen molar-refractivity contribution in [2.75, 3.05) is 21.3 Å². The van der Waals surface area contributed by atoms with Crippen molar-refractivity contribution in [3.05, 3.63) is 70.5 Å². The summed E-state index contributed by atoms with van der Waals surface area (Å²) in [7, 11) is 3.50. The molecule has 9 heteroatoms. The van der Waals surface area contributed by atoms with Crippen LogP contribution in [0.25, 0.3) is 0 Å². The minimum atomic E-state index is -1.79. The number of hydrogen-bond acceptors (Lipinski definition) is 7. The summed E-state index contributed by atoms with van der Waals surface area (Å²) in [4.78, 5) is 39.1. The van der Waals surface area contributed by atoms with Gasteiger partial charge in [0.25, 0.3) is 0 Å². The van der Waals surface area contributed by atoms with E-state index in [4.69, 9.17) is 25.8 Å². The van der Waals surface area contributed by atoms with Crippen molar-refractivity contribution < 1.29 is 33.0 Å². The molecule has 7 nitrogen and oxygen atoms in total. The van der Waals surface area contributed by atoms with Crippen LogP contribution in [0.4, 0.5) is 4.39 Å². The molecule has 0 amide bonds. The molecule has 1 fully saturated rings. The van der Waals surface area contributed by atoms with Gasteiger partial charge in [-0.15, -0.1) is 0 Å². The first-order chi connectivity index (χ1) is 14.8. The summed E-state index contributed by atoms with van der Waals surface area (Å²) in [5.74, 6) is -5.55. The van der Waals surface area contributed by atoms with E-state index in [9.17, 15) is 18.8 Å². The normalized spacial score (nSPS) is 25.0. The van der Waals surface area contributed by atoms with E-state index in [0.717, 1.165) is 13.2 Å². The molecule has 0 aromatic heterocycles. The minimum Gasteiger partial charge on any atom is -0.469 e. The monoisotopic (exact) mass is 449 g/mol. The molecule has 4 unspecified atom stereocenters. The lowest BCUT2D eigenvalue weighted by atomic mass is 9.74. The number of methoxy groups -OCH3 is 3. The van der Waals surface area contributed by atoms with Gasteiger partial charge in [-0.25, -0.2) is 9.18 Å². The van der Waals surface area contributed by atoms with Gasteiger partial charge in [0, 0.05) is 11.1 Å². The molecule has 0 radical (unpaired) electrons. The molecule has 1 aliphatic heterocycles. The van der Waals surface area contributed by atoms with Crippen molar-refractivity contribution in [1.82, 2.24) is 5.32 Å². The number of carbonyl (C=O) groups excluding carboxylic acids is 3. The lowest BCUT2D eigenvalue weighted by Gasteiger charge is -2.32. The molecule has 0 spiro atoms. The number of carbonyl (C=O) groups is 3. The quantitative estimate of drug-likeness (QED) is 0.554. The molecule has 2 aromatic carbocycles. The summed E-state index contributed by atoms with van der Waals surface area (Å²) in [5.41, 5.74) is -1.09. The highest BCUT2D eigenvalue weighted by Crippen LogP contribution is 2.51. The van der Waals surface area contributed by atoms with Crippen LogP contribution in [0.3, 0.4) is 0 Å². The van der Waals surface area contributed by atoms with Gasteiger partial charge in [-0.2, -0.15) is 0 Å². The van der Waals surface area contributed by atoms with Crippen molar-refractivity contribution in [2.24, 2.45) is 11.8 Å². The Morgan fingerprint density at radius 3 is 2.16 bits per heavy atom. The van der Waals surface area contributed by atoms with Crippen LogP contribution in [-0.2, 0) is 34.1 Å². The van der Waals surface area contributed by atoms with Crippen LogP contribution in [0.1, 0.15) is 17.2 Å². The molecule has 2 aromatic rings. The van der Waals surface area contributed by atoms with E-state index in [2.05, 4.69) is 5.32 Å². The van der Waals surface area contributed by atoms with Gasteiger partial charge in [-0.3, -0.25) is 14.9 Å². The van der Waals surface area contributed by atoms with E-state index < -0.39 is 47.1 Å². The topological polar surface area (TPSA) is 90.9 Å². The fourth-order valence-corrected chi connectivity index (χ4v) is 4.48. The van der Waals surface area contributed by atoms with Crippen LogP contribution in [0.5, 0.6) is 0 Å². The number of halogens is 2. The van der Waals surface area contributed by atoms with E-state index in [0.29, 0.717) is 11.1 Å². The van der Waals surface area contributed by atoms with Gasteiger partial charge in [0.05, 0.1) is 27.2 Å². The predicted molar refractivity (Wildman–Crippen MR) is 108 cm³/mol. The molecule has 0 saturated carbocycles. The first kappa shape index (κ1) is 22.7. The Hall–Kier alpha value is -2.97. The van der Waals surface area contributed by atoms with E-state index in [1.807, 2.05) is 0 Å². The van der Waals surface area contributed by atoms with E-state index >= 15 is 0 Å². The second-order valence-electron chi connectivity index (χ2n) is 7.00. The zero-order chi connectivity index (χ0) is 22.8. The second-order valence-corrected chi connectivity index (χ2v) is 7.41. The Morgan fingerprint density at radius 2 is 1.61 bits per heavy atom. The molecular weight excluding hydrogens is 429 g/mol. The molecule has 1 heterocycles. The number of ether oxygens (including phenoxy) is 3. The fraction of sp³-hybridized carbons (Fsp3) is 0.318. The van der Waals surface area contributed by atoms with Crippen LogP contribution in [-0.4, -0.2) is 39.2 Å². The number of esters is 3. The van der Waals surface area contributed by atoms with Gasteiger partial charge >= 0.3 is 17.9 Å². The molecule has 1 saturated heterocycles. The van der Waals surface area contributed by atoms with Crippen LogP contribution >= 0.6 is 11.6 Å². The highest BCUT2D eigenvalue weighted by molar-refractivity contribution is 6.31. The molecule has 164 valence electrons. The number of nitrogens with one attached hydrogen (secondary N) is 1. The highest BCUT2D eigenvalue weighted by Gasteiger charge is 2.65. The third kappa shape index (κ3) is 3.77. The summed E-state index contributed by atoms with van der Waals surface area (Å²) in [5, 5.41) is 3.11. The van der Waals surface area contributed by atoms with Crippen LogP contribution in [0, 0.1) is 17.7 Å². The van der Waals surface area contributed by atoms with Crippen molar-refractivity contribution >= 4 is 29.5 Å². The zero-order valence-electron chi connectivity index (χ0n) is 17.1. The molecular formula is C22H21ClFNO6. The summed E-state index contributed by atoms with van der Waals surface area (Å²) in [6, 6.07) is 11.0. The Labute approximate surface area is 183 Å². The molecule has 31 heavy (non-hydrogen) atoms. The van der Waals surface area contributed by atoms with E-state index in [1.165, 1.54) is 26.4 Å². The average Bonchev–Trinajstić information content (AvgIpc) is 3.15. The largest absolute Gasteiger partial charge is 0.469 e. The Balaban J connectivity index is 2.32. The Bertz CT molecular complexity index is 1000. The molecule has 1 aliphatic rings. The van der Waals surface area contributed by atoms with Crippen molar-refractivity contribution in [2.45, 2.75) is 11.6 Å². The summed E-state index contributed by atoms with van der Waals surface area (Å²) in [6.45, 7) is 0.